The second-order valence-electron chi connectivity index (χ2n) is 5.23. The van der Waals surface area contributed by atoms with Crippen molar-refractivity contribution < 1.29 is 4.42 Å². The Hall–Kier alpha value is -2.74. The van der Waals surface area contributed by atoms with Gasteiger partial charge in [0.15, 0.2) is 0 Å². The Morgan fingerprint density at radius 2 is 1.67 bits per heavy atom. The van der Waals surface area contributed by atoms with E-state index in [0.717, 1.165) is 22.3 Å². The maximum Gasteiger partial charge on any atom is 0.135 e. The molecule has 0 N–H and O–H groups in total. The largest absolute Gasteiger partial charge is 0.456 e. The summed E-state index contributed by atoms with van der Waals surface area (Å²) in [6.07, 6.45) is 2.06. The van der Waals surface area contributed by atoms with Gasteiger partial charge in [-0.25, -0.2) is 0 Å². The van der Waals surface area contributed by atoms with Crippen LogP contribution < -0.4 is 0 Å². The molecule has 2 aromatic heterocycles. The Balaban J connectivity index is 1.84. The van der Waals surface area contributed by atoms with E-state index in [9.17, 15) is 0 Å². The van der Waals surface area contributed by atoms with Gasteiger partial charge in [-0.05, 0) is 35.9 Å². The number of nitrogens with zero attached hydrogens (tertiary/aromatic N) is 1. The minimum absolute atomic E-state index is 0.909. The van der Waals surface area contributed by atoms with E-state index in [4.69, 9.17) is 4.42 Å². The van der Waals surface area contributed by atoms with Crippen molar-refractivity contribution in [2.45, 2.75) is 0 Å². The first-order valence-electron chi connectivity index (χ1n) is 7.02. The number of hydrogen-bond acceptors (Lipinski definition) is 1. The fourth-order valence-corrected chi connectivity index (χ4v) is 2.72. The molecular weight excluding hydrogens is 258 g/mol. The Labute approximate surface area is 123 Å². The molecule has 2 nitrogen and oxygen atoms in total. The van der Waals surface area contributed by atoms with Crippen LogP contribution in [0.1, 0.15) is 0 Å². The zero-order valence-electron chi connectivity index (χ0n) is 11.8. The second kappa shape index (κ2) is 4.67. The molecule has 0 aliphatic heterocycles. The van der Waals surface area contributed by atoms with Crippen LogP contribution in [-0.2, 0) is 7.05 Å². The standard InChI is InChI=1S/C19H15NO/c1-20-11-5-9-17(20)14-7-4-8-15(12-14)19-13-16-6-2-3-10-18(16)21-19/h2-13H,1H3. The molecule has 0 aliphatic rings. The highest BCUT2D eigenvalue weighted by molar-refractivity contribution is 5.83. The number of benzene rings is 2. The fraction of sp³-hybridized carbons (Fsp3) is 0.0526. The van der Waals surface area contributed by atoms with Gasteiger partial charge in [0, 0.05) is 29.9 Å². The van der Waals surface area contributed by atoms with E-state index < -0.39 is 0 Å². The van der Waals surface area contributed by atoms with Crippen molar-refractivity contribution in [3.05, 3.63) is 72.9 Å². The molecule has 0 aliphatic carbocycles. The van der Waals surface area contributed by atoms with Gasteiger partial charge < -0.3 is 8.98 Å². The number of furan rings is 1. The van der Waals surface area contributed by atoms with Crippen LogP contribution in [0.4, 0.5) is 0 Å². The third kappa shape index (κ3) is 2.05. The third-order valence-corrected chi connectivity index (χ3v) is 3.81. The highest BCUT2D eigenvalue weighted by Crippen LogP contribution is 2.30. The van der Waals surface area contributed by atoms with Crippen molar-refractivity contribution >= 4 is 11.0 Å². The molecule has 102 valence electrons. The molecule has 0 saturated carbocycles. The van der Waals surface area contributed by atoms with E-state index in [1.54, 1.807) is 0 Å². The summed E-state index contributed by atoms with van der Waals surface area (Å²) in [5.74, 6) is 0.909. The van der Waals surface area contributed by atoms with Gasteiger partial charge in [0.25, 0.3) is 0 Å². The lowest BCUT2D eigenvalue weighted by molar-refractivity contribution is 0.631. The van der Waals surface area contributed by atoms with Gasteiger partial charge in [0.2, 0.25) is 0 Å². The number of hydrogen-bond donors (Lipinski definition) is 0. The molecule has 0 spiro atoms. The van der Waals surface area contributed by atoms with E-state index >= 15 is 0 Å². The Morgan fingerprint density at radius 3 is 2.48 bits per heavy atom. The molecule has 21 heavy (non-hydrogen) atoms. The number of fused-ring (bicyclic) bond motifs is 1. The molecule has 4 aromatic rings. The number of aromatic nitrogens is 1. The van der Waals surface area contributed by atoms with Gasteiger partial charge >= 0.3 is 0 Å². The SMILES string of the molecule is Cn1cccc1-c1cccc(-c2cc3ccccc3o2)c1. The summed E-state index contributed by atoms with van der Waals surface area (Å²) in [5, 5.41) is 1.14. The van der Waals surface area contributed by atoms with Crippen LogP contribution in [-0.4, -0.2) is 4.57 Å². The monoisotopic (exact) mass is 273 g/mol. The number of aryl methyl sites for hydroxylation is 1. The Kier molecular flexibility index (Phi) is 2.68. The molecule has 4 rings (SSSR count). The summed E-state index contributed by atoms with van der Waals surface area (Å²) >= 11 is 0. The first-order chi connectivity index (χ1) is 10.3. The summed E-state index contributed by atoms with van der Waals surface area (Å²) in [5.41, 5.74) is 4.43. The van der Waals surface area contributed by atoms with Gasteiger partial charge in [-0.2, -0.15) is 0 Å². The Morgan fingerprint density at radius 1 is 0.810 bits per heavy atom. The molecule has 2 heterocycles. The van der Waals surface area contributed by atoms with Crippen LogP contribution in [0, 0.1) is 0 Å². The summed E-state index contributed by atoms with van der Waals surface area (Å²) in [6.45, 7) is 0. The van der Waals surface area contributed by atoms with Crippen LogP contribution in [0.3, 0.4) is 0 Å². The first kappa shape index (κ1) is 12.0. The van der Waals surface area contributed by atoms with Crippen molar-refractivity contribution in [2.75, 3.05) is 0 Å². The van der Waals surface area contributed by atoms with Crippen molar-refractivity contribution in [3.8, 4) is 22.6 Å². The van der Waals surface area contributed by atoms with E-state index in [-0.39, 0.29) is 0 Å². The van der Waals surface area contributed by atoms with Crippen molar-refractivity contribution in [1.82, 2.24) is 4.57 Å². The van der Waals surface area contributed by atoms with Crippen LogP contribution >= 0.6 is 0 Å². The van der Waals surface area contributed by atoms with E-state index in [1.807, 2.05) is 18.2 Å². The average Bonchev–Trinajstić information content (AvgIpc) is 3.13. The maximum absolute atomic E-state index is 5.95. The third-order valence-electron chi connectivity index (χ3n) is 3.81. The Bertz CT molecular complexity index is 881. The van der Waals surface area contributed by atoms with Gasteiger partial charge in [-0.15, -0.1) is 0 Å². The fourth-order valence-electron chi connectivity index (χ4n) is 2.72. The second-order valence-corrected chi connectivity index (χ2v) is 5.23. The molecule has 2 heteroatoms. The summed E-state index contributed by atoms with van der Waals surface area (Å²) in [6, 6.07) is 22.8. The minimum atomic E-state index is 0.909. The van der Waals surface area contributed by atoms with Crippen LogP contribution in [0.5, 0.6) is 0 Å². The van der Waals surface area contributed by atoms with Gasteiger partial charge in [-0.3, -0.25) is 0 Å². The normalized spacial score (nSPS) is 11.1. The lowest BCUT2D eigenvalue weighted by Gasteiger charge is -2.05. The van der Waals surface area contributed by atoms with Crippen LogP contribution in [0.15, 0.2) is 77.3 Å². The van der Waals surface area contributed by atoms with Crippen molar-refractivity contribution in [2.24, 2.45) is 7.05 Å². The van der Waals surface area contributed by atoms with E-state index in [2.05, 4.69) is 66.3 Å². The van der Waals surface area contributed by atoms with Gasteiger partial charge in [0.1, 0.15) is 11.3 Å². The zero-order valence-corrected chi connectivity index (χ0v) is 11.8. The molecule has 0 saturated heterocycles. The lowest BCUT2D eigenvalue weighted by atomic mass is 10.1. The van der Waals surface area contributed by atoms with Crippen LogP contribution in [0.25, 0.3) is 33.6 Å². The molecule has 2 aromatic carbocycles. The molecule has 0 amide bonds. The molecule has 0 radical (unpaired) electrons. The van der Waals surface area contributed by atoms with Gasteiger partial charge in [-0.1, -0.05) is 36.4 Å². The number of rotatable bonds is 2. The highest BCUT2D eigenvalue weighted by Gasteiger charge is 2.08. The maximum atomic E-state index is 5.95. The van der Waals surface area contributed by atoms with E-state index in [1.165, 1.54) is 11.3 Å². The average molecular weight is 273 g/mol. The molecule has 0 atom stereocenters. The van der Waals surface area contributed by atoms with E-state index in [0.29, 0.717) is 0 Å². The summed E-state index contributed by atoms with van der Waals surface area (Å²) in [4.78, 5) is 0. The summed E-state index contributed by atoms with van der Waals surface area (Å²) < 4.78 is 8.07. The van der Waals surface area contributed by atoms with Crippen LogP contribution in [0.2, 0.25) is 0 Å². The smallest absolute Gasteiger partial charge is 0.135 e. The molecule has 0 bridgehead atoms. The first-order valence-corrected chi connectivity index (χ1v) is 7.02. The quantitative estimate of drug-likeness (QED) is 0.496. The molecule has 0 fully saturated rings. The summed E-state index contributed by atoms with van der Waals surface area (Å²) in [7, 11) is 2.06. The van der Waals surface area contributed by atoms with Gasteiger partial charge in [0.05, 0.1) is 0 Å². The minimum Gasteiger partial charge on any atom is -0.456 e. The molecular formula is C19H15NO. The zero-order chi connectivity index (χ0) is 14.2. The number of para-hydroxylation sites is 1. The van der Waals surface area contributed by atoms with Crippen molar-refractivity contribution in [3.63, 3.8) is 0 Å². The highest BCUT2D eigenvalue weighted by atomic mass is 16.3. The van der Waals surface area contributed by atoms with Crippen molar-refractivity contribution in [1.29, 1.82) is 0 Å². The lowest BCUT2D eigenvalue weighted by Crippen LogP contribution is -1.89. The molecule has 0 unspecified atom stereocenters. The predicted octanol–water partition coefficient (Wildman–Crippen LogP) is 5.11. The predicted molar refractivity (Wildman–Crippen MR) is 86.1 cm³/mol. The topological polar surface area (TPSA) is 18.1 Å².